The second-order valence-corrected chi connectivity index (χ2v) is 5.99. The Morgan fingerprint density at radius 1 is 1.16 bits per heavy atom. The molecule has 108 valence electrons. The van der Waals surface area contributed by atoms with Crippen molar-refractivity contribution in [2.24, 2.45) is 0 Å². The van der Waals surface area contributed by atoms with Crippen LogP contribution >= 0.6 is 15.9 Å². The molecule has 19 heavy (non-hydrogen) atoms. The van der Waals surface area contributed by atoms with Gasteiger partial charge in [0.2, 0.25) is 0 Å². The van der Waals surface area contributed by atoms with Gasteiger partial charge in [-0.15, -0.1) is 0 Å². The van der Waals surface area contributed by atoms with E-state index in [9.17, 15) is 5.11 Å². The summed E-state index contributed by atoms with van der Waals surface area (Å²) in [6.07, 6.45) is 4.35. The molecule has 0 saturated heterocycles. The van der Waals surface area contributed by atoms with Crippen LogP contribution < -0.4 is 4.90 Å². The molecule has 1 rings (SSSR count). The maximum Gasteiger partial charge on any atom is 0.0782 e. The lowest BCUT2D eigenvalue weighted by molar-refractivity contribution is 0.199. The zero-order valence-electron chi connectivity index (χ0n) is 12.3. The minimum atomic E-state index is -0.432. The van der Waals surface area contributed by atoms with Crippen LogP contribution in [0.4, 0.5) is 5.69 Å². The molecule has 0 aliphatic rings. The summed E-state index contributed by atoms with van der Waals surface area (Å²) >= 11 is 3.49. The van der Waals surface area contributed by atoms with Gasteiger partial charge in [0, 0.05) is 28.8 Å². The van der Waals surface area contributed by atoms with Crippen molar-refractivity contribution in [2.75, 3.05) is 18.0 Å². The number of aliphatic hydroxyl groups excluding tert-OH is 1. The van der Waals surface area contributed by atoms with E-state index in [0.717, 1.165) is 23.1 Å². The molecule has 1 unspecified atom stereocenters. The lowest BCUT2D eigenvalue weighted by atomic mass is 10.1. The molecule has 0 aliphatic carbocycles. The Balaban J connectivity index is 2.98. The average Bonchev–Trinajstić information content (AvgIpc) is 2.39. The summed E-state index contributed by atoms with van der Waals surface area (Å²) in [6.45, 7) is 8.41. The van der Waals surface area contributed by atoms with Gasteiger partial charge in [0.15, 0.2) is 0 Å². The van der Waals surface area contributed by atoms with Crippen molar-refractivity contribution in [1.29, 1.82) is 0 Å². The topological polar surface area (TPSA) is 23.5 Å². The smallest absolute Gasteiger partial charge is 0.0782 e. The number of unbranched alkanes of at least 4 members (excludes halogenated alkanes) is 2. The van der Waals surface area contributed by atoms with E-state index in [-0.39, 0.29) is 0 Å². The molecule has 1 atom stereocenters. The number of hydrogen-bond donors (Lipinski definition) is 1. The van der Waals surface area contributed by atoms with Gasteiger partial charge in [-0.05, 0) is 38.0 Å². The molecule has 1 aromatic rings. The predicted octanol–water partition coefficient (Wildman–Crippen LogP) is 4.91. The quantitative estimate of drug-likeness (QED) is 0.733. The first-order chi connectivity index (χ1) is 9.10. The van der Waals surface area contributed by atoms with Crippen LogP contribution in [-0.2, 0) is 0 Å². The third-order valence-electron chi connectivity index (χ3n) is 3.34. The zero-order valence-corrected chi connectivity index (χ0v) is 13.9. The van der Waals surface area contributed by atoms with Crippen molar-refractivity contribution in [3.63, 3.8) is 0 Å². The Labute approximate surface area is 126 Å². The number of rotatable bonds is 8. The number of nitrogens with zero attached hydrogens (tertiary/aromatic N) is 1. The summed E-state index contributed by atoms with van der Waals surface area (Å²) in [4.78, 5) is 2.42. The van der Waals surface area contributed by atoms with Crippen molar-refractivity contribution in [1.82, 2.24) is 0 Å². The van der Waals surface area contributed by atoms with E-state index >= 15 is 0 Å². The Morgan fingerprint density at radius 3 is 2.21 bits per heavy atom. The highest BCUT2D eigenvalue weighted by molar-refractivity contribution is 9.10. The summed E-state index contributed by atoms with van der Waals surface area (Å²) in [5.74, 6) is 0. The van der Waals surface area contributed by atoms with Crippen LogP contribution in [0.2, 0.25) is 0 Å². The van der Waals surface area contributed by atoms with Gasteiger partial charge < -0.3 is 10.0 Å². The maximum atomic E-state index is 9.98. The van der Waals surface area contributed by atoms with E-state index in [1.807, 2.05) is 13.0 Å². The second-order valence-electron chi connectivity index (χ2n) is 5.07. The summed E-state index contributed by atoms with van der Waals surface area (Å²) in [6, 6.07) is 6.22. The Hall–Kier alpha value is -0.540. The van der Waals surface area contributed by atoms with Gasteiger partial charge in [-0.25, -0.2) is 0 Å². The second kappa shape index (κ2) is 8.60. The molecular formula is C16H26BrNO. The first kappa shape index (κ1) is 16.5. The number of anilines is 1. The van der Waals surface area contributed by atoms with Gasteiger partial charge in [0.25, 0.3) is 0 Å². The monoisotopic (exact) mass is 327 g/mol. The predicted molar refractivity (Wildman–Crippen MR) is 86.8 cm³/mol. The lowest BCUT2D eigenvalue weighted by Crippen LogP contribution is -2.27. The summed E-state index contributed by atoms with van der Waals surface area (Å²) in [7, 11) is 0. The van der Waals surface area contributed by atoms with Crippen molar-refractivity contribution < 1.29 is 5.11 Å². The molecule has 0 spiro atoms. The number of benzene rings is 1. The molecule has 0 aromatic heterocycles. The van der Waals surface area contributed by atoms with E-state index in [0.29, 0.717) is 0 Å². The van der Waals surface area contributed by atoms with Crippen LogP contribution in [0.3, 0.4) is 0 Å². The normalized spacial score (nSPS) is 12.5. The highest BCUT2D eigenvalue weighted by Gasteiger charge is 2.14. The summed E-state index contributed by atoms with van der Waals surface area (Å²) in [5, 5.41) is 9.98. The zero-order chi connectivity index (χ0) is 14.3. The molecule has 0 bridgehead atoms. The minimum absolute atomic E-state index is 0.432. The molecule has 0 heterocycles. The van der Waals surface area contributed by atoms with E-state index in [4.69, 9.17) is 0 Å². The van der Waals surface area contributed by atoms with Crippen molar-refractivity contribution >= 4 is 21.6 Å². The average molecular weight is 328 g/mol. The maximum absolute atomic E-state index is 9.98. The van der Waals surface area contributed by atoms with Crippen LogP contribution in [0, 0.1) is 0 Å². The van der Waals surface area contributed by atoms with Gasteiger partial charge in [0.05, 0.1) is 6.10 Å². The Bertz CT molecular complexity index is 371. The minimum Gasteiger partial charge on any atom is -0.389 e. The molecule has 1 aromatic carbocycles. The highest BCUT2D eigenvalue weighted by atomic mass is 79.9. The first-order valence-corrected chi connectivity index (χ1v) is 8.11. The van der Waals surface area contributed by atoms with E-state index in [2.05, 4.69) is 46.8 Å². The number of aliphatic hydroxyl groups is 1. The van der Waals surface area contributed by atoms with Gasteiger partial charge in [0.1, 0.15) is 0 Å². The summed E-state index contributed by atoms with van der Waals surface area (Å²) in [5.41, 5.74) is 2.20. The van der Waals surface area contributed by atoms with Gasteiger partial charge in [-0.1, -0.05) is 42.6 Å². The van der Waals surface area contributed by atoms with Crippen molar-refractivity contribution in [3.05, 3.63) is 28.2 Å². The fourth-order valence-corrected chi connectivity index (χ4v) is 2.58. The van der Waals surface area contributed by atoms with Gasteiger partial charge in [-0.3, -0.25) is 0 Å². The van der Waals surface area contributed by atoms with E-state index in [1.54, 1.807) is 0 Å². The van der Waals surface area contributed by atoms with Crippen molar-refractivity contribution in [3.8, 4) is 0 Å². The fraction of sp³-hybridized carbons (Fsp3) is 0.625. The molecule has 1 N–H and O–H groups in total. The largest absolute Gasteiger partial charge is 0.389 e. The van der Waals surface area contributed by atoms with Gasteiger partial charge in [-0.2, -0.15) is 0 Å². The molecule has 0 amide bonds. The first-order valence-electron chi connectivity index (χ1n) is 7.32. The number of hydrogen-bond acceptors (Lipinski definition) is 2. The lowest BCUT2D eigenvalue weighted by Gasteiger charge is -2.28. The van der Waals surface area contributed by atoms with Crippen LogP contribution in [0.5, 0.6) is 0 Å². The van der Waals surface area contributed by atoms with Crippen molar-refractivity contribution in [2.45, 2.75) is 52.6 Å². The fourth-order valence-electron chi connectivity index (χ4n) is 2.20. The third-order valence-corrected chi connectivity index (χ3v) is 3.84. The van der Waals surface area contributed by atoms with Crippen LogP contribution in [-0.4, -0.2) is 18.2 Å². The molecule has 0 saturated carbocycles. The SMILES string of the molecule is CCCCN(CCCC)c1ccc(Br)cc1C(C)O. The molecule has 0 fully saturated rings. The highest BCUT2D eigenvalue weighted by Crippen LogP contribution is 2.30. The van der Waals surface area contributed by atoms with Crippen LogP contribution in [0.25, 0.3) is 0 Å². The molecule has 2 nitrogen and oxygen atoms in total. The summed E-state index contributed by atoms with van der Waals surface area (Å²) < 4.78 is 1.03. The third kappa shape index (κ3) is 5.15. The van der Waals surface area contributed by atoms with Gasteiger partial charge >= 0.3 is 0 Å². The molecule has 3 heteroatoms. The molecule has 0 aliphatic heterocycles. The molecular weight excluding hydrogens is 302 g/mol. The molecule has 0 radical (unpaired) electrons. The van der Waals surface area contributed by atoms with E-state index < -0.39 is 6.10 Å². The van der Waals surface area contributed by atoms with Crippen LogP contribution in [0.15, 0.2) is 22.7 Å². The van der Waals surface area contributed by atoms with Crippen LogP contribution in [0.1, 0.15) is 58.1 Å². The Morgan fingerprint density at radius 2 is 1.74 bits per heavy atom. The Kier molecular flexibility index (Phi) is 7.47. The van der Waals surface area contributed by atoms with E-state index in [1.165, 1.54) is 31.4 Å². The number of halogens is 1. The standard InChI is InChI=1S/C16H26BrNO/c1-4-6-10-18(11-7-5-2)16-9-8-14(17)12-15(16)13(3)19/h8-9,12-13,19H,4-7,10-11H2,1-3H3.